The quantitative estimate of drug-likeness (QED) is 0.743. The Morgan fingerprint density at radius 2 is 2.29 bits per heavy atom. The third-order valence-electron chi connectivity index (χ3n) is 3.70. The highest BCUT2D eigenvalue weighted by Crippen LogP contribution is 2.32. The van der Waals surface area contributed by atoms with Crippen LogP contribution in [0, 0.1) is 0 Å². The Hall–Kier alpha value is -0.610. The summed E-state index contributed by atoms with van der Waals surface area (Å²) >= 11 is 0. The Kier molecular flexibility index (Phi) is 4.05. The van der Waals surface area contributed by atoms with Gasteiger partial charge in [-0.2, -0.15) is 0 Å². The molecule has 98 valence electrons. The molecule has 1 N–H and O–H groups in total. The van der Waals surface area contributed by atoms with Crippen molar-refractivity contribution in [2.24, 2.45) is 0 Å². The summed E-state index contributed by atoms with van der Waals surface area (Å²) in [6, 6.07) is 0.509. The van der Waals surface area contributed by atoms with E-state index in [0.29, 0.717) is 12.6 Å². The first-order valence-corrected chi connectivity index (χ1v) is 6.68. The monoisotopic (exact) mass is 241 g/mol. The second-order valence-corrected chi connectivity index (χ2v) is 5.23. The number of esters is 1. The van der Waals surface area contributed by atoms with Gasteiger partial charge in [-0.15, -0.1) is 0 Å². The minimum atomic E-state index is -0.492. The number of methoxy groups -OCH3 is 1. The van der Waals surface area contributed by atoms with E-state index in [1.54, 1.807) is 0 Å². The summed E-state index contributed by atoms with van der Waals surface area (Å²) in [5.74, 6) is -0.117. The molecule has 1 heterocycles. The lowest BCUT2D eigenvalue weighted by molar-refractivity contribution is -0.156. The van der Waals surface area contributed by atoms with Crippen molar-refractivity contribution in [2.45, 2.75) is 63.1 Å². The van der Waals surface area contributed by atoms with Gasteiger partial charge in [-0.1, -0.05) is 13.3 Å². The van der Waals surface area contributed by atoms with Gasteiger partial charge in [0.1, 0.15) is 5.54 Å². The molecule has 0 aromatic heterocycles. The summed E-state index contributed by atoms with van der Waals surface area (Å²) in [5, 5.41) is 3.49. The fourth-order valence-corrected chi connectivity index (χ4v) is 2.65. The van der Waals surface area contributed by atoms with E-state index >= 15 is 0 Å². The molecule has 4 nitrogen and oxygen atoms in total. The Balaban J connectivity index is 2.04. The molecule has 1 aliphatic heterocycles. The van der Waals surface area contributed by atoms with Crippen LogP contribution in [-0.4, -0.2) is 37.4 Å². The van der Waals surface area contributed by atoms with E-state index < -0.39 is 5.54 Å². The number of ether oxygens (including phenoxy) is 2. The van der Waals surface area contributed by atoms with Gasteiger partial charge in [0, 0.05) is 19.1 Å². The second-order valence-electron chi connectivity index (χ2n) is 5.23. The molecular formula is C13H23NO3. The fourth-order valence-electron chi connectivity index (χ4n) is 2.65. The average molecular weight is 241 g/mol. The molecule has 0 bridgehead atoms. The van der Waals surface area contributed by atoms with Crippen molar-refractivity contribution in [1.29, 1.82) is 0 Å². The molecule has 0 spiro atoms. The average Bonchev–Trinajstić information content (AvgIpc) is 3.12. The zero-order valence-electron chi connectivity index (χ0n) is 10.8. The zero-order chi connectivity index (χ0) is 12.3. The van der Waals surface area contributed by atoms with Crippen molar-refractivity contribution >= 4 is 5.97 Å². The summed E-state index contributed by atoms with van der Waals surface area (Å²) in [6.45, 7) is 2.80. The van der Waals surface area contributed by atoms with Gasteiger partial charge in [0.2, 0.25) is 0 Å². The van der Waals surface area contributed by atoms with Gasteiger partial charge < -0.3 is 9.47 Å². The predicted octanol–water partition coefficient (Wildman–Crippen LogP) is 1.63. The lowest BCUT2D eigenvalue weighted by Crippen LogP contribution is -2.58. The highest BCUT2D eigenvalue weighted by atomic mass is 16.5. The molecule has 1 saturated heterocycles. The van der Waals surface area contributed by atoms with Crippen molar-refractivity contribution in [3.05, 3.63) is 0 Å². The zero-order valence-corrected chi connectivity index (χ0v) is 10.8. The molecule has 0 aromatic carbocycles. The first kappa shape index (κ1) is 12.8. The Bertz CT molecular complexity index is 276. The topological polar surface area (TPSA) is 47.6 Å². The molecule has 1 aliphatic carbocycles. The molecular weight excluding hydrogens is 218 g/mol. The van der Waals surface area contributed by atoms with Gasteiger partial charge in [0.15, 0.2) is 0 Å². The second kappa shape index (κ2) is 5.36. The molecule has 2 unspecified atom stereocenters. The number of nitrogens with one attached hydrogen (secondary N) is 1. The maximum atomic E-state index is 12.1. The predicted molar refractivity (Wildman–Crippen MR) is 64.8 cm³/mol. The van der Waals surface area contributed by atoms with E-state index in [4.69, 9.17) is 9.47 Å². The Labute approximate surface area is 103 Å². The van der Waals surface area contributed by atoms with Crippen LogP contribution in [0.2, 0.25) is 0 Å². The summed E-state index contributed by atoms with van der Waals surface area (Å²) in [4.78, 5) is 12.1. The highest BCUT2D eigenvalue weighted by molar-refractivity contribution is 5.81. The molecule has 2 atom stereocenters. The van der Waals surface area contributed by atoms with Crippen LogP contribution in [-0.2, 0) is 14.3 Å². The SMILES string of the molecule is CCCC1CC(NC2CC2)(C(=O)OC)CCO1. The molecule has 4 heteroatoms. The van der Waals surface area contributed by atoms with Gasteiger partial charge in [0.05, 0.1) is 13.2 Å². The van der Waals surface area contributed by atoms with Gasteiger partial charge in [-0.25, -0.2) is 0 Å². The Morgan fingerprint density at radius 1 is 1.53 bits per heavy atom. The fraction of sp³-hybridized carbons (Fsp3) is 0.923. The largest absolute Gasteiger partial charge is 0.468 e. The van der Waals surface area contributed by atoms with E-state index in [1.807, 2.05) is 0 Å². The van der Waals surface area contributed by atoms with Crippen molar-refractivity contribution in [3.63, 3.8) is 0 Å². The lowest BCUT2D eigenvalue weighted by atomic mass is 9.85. The normalized spacial score (nSPS) is 33.4. The van der Waals surface area contributed by atoms with Crippen LogP contribution in [0.25, 0.3) is 0 Å². The smallest absolute Gasteiger partial charge is 0.326 e. The summed E-state index contributed by atoms with van der Waals surface area (Å²) in [6.07, 6.45) is 6.14. The van der Waals surface area contributed by atoms with Crippen molar-refractivity contribution in [2.75, 3.05) is 13.7 Å². The third kappa shape index (κ3) is 2.99. The summed E-state index contributed by atoms with van der Waals surface area (Å²) in [5.41, 5.74) is -0.492. The number of hydrogen-bond acceptors (Lipinski definition) is 4. The summed E-state index contributed by atoms with van der Waals surface area (Å²) in [7, 11) is 1.48. The van der Waals surface area contributed by atoms with Crippen molar-refractivity contribution < 1.29 is 14.3 Å². The van der Waals surface area contributed by atoms with E-state index in [2.05, 4.69) is 12.2 Å². The maximum Gasteiger partial charge on any atom is 0.326 e. The first-order valence-electron chi connectivity index (χ1n) is 6.68. The van der Waals surface area contributed by atoms with Gasteiger partial charge in [0.25, 0.3) is 0 Å². The summed E-state index contributed by atoms with van der Waals surface area (Å²) < 4.78 is 10.7. The van der Waals surface area contributed by atoms with E-state index in [0.717, 1.165) is 25.7 Å². The number of carbonyl (C=O) groups is 1. The lowest BCUT2D eigenvalue weighted by Gasteiger charge is -2.39. The van der Waals surface area contributed by atoms with Crippen molar-refractivity contribution in [1.82, 2.24) is 5.32 Å². The number of rotatable bonds is 5. The van der Waals surface area contributed by atoms with Crippen LogP contribution in [0.15, 0.2) is 0 Å². The van der Waals surface area contributed by atoms with E-state index in [-0.39, 0.29) is 12.1 Å². The number of carbonyl (C=O) groups excluding carboxylic acids is 1. The van der Waals surface area contributed by atoms with Crippen LogP contribution in [0.5, 0.6) is 0 Å². The van der Waals surface area contributed by atoms with Crippen LogP contribution in [0.3, 0.4) is 0 Å². The minimum Gasteiger partial charge on any atom is -0.468 e. The Morgan fingerprint density at radius 3 is 2.88 bits per heavy atom. The molecule has 2 rings (SSSR count). The maximum absolute atomic E-state index is 12.1. The van der Waals surface area contributed by atoms with Crippen LogP contribution in [0.4, 0.5) is 0 Å². The van der Waals surface area contributed by atoms with Crippen LogP contribution < -0.4 is 5.32 Å². The van der Waals surface area contributed by atoms with Gasteiger partial charge in [-0.05, 0) is 25.7 Å². The molecule has 17 heavy (non-hydrogen) atoms. The van der Waals surface area contributed by atoms with Gasteiger partial charge in [-0.3, -0.25) is 10.1 Å². The highest BCUT2D eigenvalue weighted by Gasteiger charge is 2.46. The van der Waals surface area contributed by atoms with E-state index in [9.17, 15) is 4.79 Å². The number of hydrogen-bond donors (Lipinski definition) is 1. The minimum absolute atomic E-state index is 0.117. The molecule has 1 saturated carbocycles. The first-order chi connectivity index (χ1) is 8.20. The molecule has 2 aliphatic rings. The van der Waals surface area contributed by atoms with Gasteiger partial charge >= 0.3 is 5.97 Å². The van der Waals surface area contributed by atoms with Crippen LogP contribution >= 0.6 is 0 Å². The van der Waals surface area contributed by atoms with Crippen molar-refractivity contribution in [3.8, 4) is 0 Å². The third-order valence-corrected chi connectivity index (χ3v) is 3.70. The molecule has 0 amide bonds. The standard InChI is InChI=1S/C13H23NO3/c1-3-4-11-9-13(7-8-17-11,12(15)16-2)14-10-5-6-10/h10-11,14H,3-9H2,1-2H3. The molecule has 2 fully saturated rings. The van der Waals surface area contributed by atoms with E-state index in [1.165, 1.54) is 20.0 Å². The molecule has 0 radical (unpaired) electrons. The van der Waals surface area contributed by atoms with Crippen LogP contribution in [0.1, 0.15) is 45.4 Å². The molecule has 0 aromatic rings.